The van der Waals surface area contributed by atoms with Crippen molar-refractivity contribution in [1.82, 2.24) is 0 Å². The molecule has 0 aromatic heterocycles. The highest BCUT2D eigenvalue weighted by Gasteiger charge is 2.25. The quantitative estimate of drug-likeness (QED) is 0.678. The van der Waals surface area contributed by atoms with Gasteiger partial charge >= 0.3 is 5.97 Å². The van der Waals surface area contributed by atoms with Gasteiger partial charge in [0, 0.05) is 0 Å². The molecule has 0 aliphatic heterocycles. The number of hydrogen-bond donors (Lipinski definition) is 1. The minimum Gasteiger partial charge on any atom is -0.481 e. The summed E-state index contributed by atoms with van der Waals surface area (Å²) in [5.41, 5.74) is 0. The van der Waals surface area contributed by atoms with E-state index in [4.69, 9.17) is 9.84 Å². The summed E-state index contributed by atoms with van der Waals surface area (Å²) in [6.45, 7) is 4.14. The van der Waals surface area contributed by atoms with E-state index in [-0.39, 0.29) is 12.0 Å². The van der Waals surface area contributed by atoms with Gasteiger partial charge in [0.2, 0.25) is 0 Å². The maximum Gasteiger partial charge on any atom is 0.306 e. The molecule has 0 atom stereocenters. The molecule has 1 aliphatic rings. The zero-order valence-electron chi connectivity index (χ0n) is 7.74. The molecule has 0 aromatic rings. The Kier molecular flexibility index (Phi) is 3.96. The van der Waals surface area contributed by atoms with E-state index in [2.05, 4.69) is 6.58 Å². The molecule has 3 nitrogen and oxygen atoms in total. The van der Waals surface area contributed by atoms with Gasteiger partial charge in [-0.25, -0.2) is 0 Å². The molecule has 0 radical (unpaired) electrons. The summed E-state index contributed by atoms with van der Waals surface area (Å²) < 4.78 is 5.45. The van der Waals surface area contributed by atoms with Gasteiger partial charge < -0.3 is 9.84 Å². The van der Waals surface area contributed by atoms with Crippen LogP contribution in [0.15, 0.2) is 12.7 Å². The highest BCUT2D eigenvalue weighted by atomic mass is 16.5. The Morgan fingerprint density at radius 1 is 1.46 bits per heavy atom. The van der Waals surface area contributed by atoms with Gasteiger partial charge in [-0.1, -0.05) is 6.08 Å². The molecule has 0 amide bonds. The molecule has 0 bridgehead atoms. The van der Waals surface area contributed by atoms with Gasteiger partial charge in [-0.2, -0.15) is 0 Å². The van der Waals surface area contributed by atoms with E-state index >= 15 is 0 Å². The minimum atomic E-state index is -0.665. The molecule has 0 heterocycles. The zero-order valence-corrected chi connectivity index (χ0v) is 7.74. The van der Waals surface area contributed by atoms with Crippen LogP contribution in [0.2, 0.25) is 0 Å². The molecule has 74 valence electrons. The van der Waals surface area contributed by atoms with Crippen molar-refractivity contribution in [2.24, 2.45) is 5.92 Å². The predicted octanol–water partition coefficient (Wildman–Crippen LogP) is 1.83. The molecule has 0 saturated heterocycles. The van der Waals surface area contributed by atoms with Crippen molar-refractivity contribution >= 4 is 5.97 Å². The lowest BCUT2D eigenvalue weighted by Crippen LogP contribution is -2.26. The first kappa shape index (κ1) is 10.3. The van der Waals surface area contributed by atoms with Crippen molar-refractivity contribution in [3.63, 3.8) is 0 Å². The van der Waals surface area contributed by atoms with E-state index in [0.29, 0.717) is 6.61 Å². The van der Waals surface area contributed by atoms with Crippen LogP contribution >= 0.6 is 0 Å². The first-order chi connectivity index (χ1) is 6.24. The van der Waals surface area contributed by atoms with Gasteiger partial charge in [-0.05, 0) is 25.7 Å². The molecule has 1 aliphatic carbocycles. The Labute approximate surface area is 78.4 Å². The van der Waals surface area contributed by atoms with E-state index in [1.54, 1.807) is 6.08 Å². The normalized spacial score (nSPS) is 28.3. The molecule has 13 heavy (non-hydrogen) atoms. The van der Waals surface area contributed by atoms with E-state index in [9.17, 15) is 4.79 Å². The lowest BCUT2D eigenvalue weighted by Gasteiger charge is -2.25. The second-order valence-electron chi connectivity index (χ2n) is 3.43. The van der Waals surface area contributed by atoms with Crippen LogP contribution in [0.25, 0.3) is 0 Å². The fourth-order valence-electron chi connectivity index (χ4n) is 1.68. The van der Waals surface area contributed by atoms with Crippen molar-refractivity contribution in [1.29, 1.82) is 0 Å². The third-order valence-electron chi connectivity index (χ3n) is 2.47. The van der Waals surface area contributed by atoms with Crippen LogP contribution in [0.3, 0.4) is 0 Å². The Morgan fingerprint density at radius 3 is 2.54 bits per heavy atom. The Bertz CT molecular complexity index is 181. The Hall–Kier alpha value is -0.830. The van der Waals surface area contributed by atoms with Crippen LogP contribution in [0.5, 0.6) is 0 Å². The van der Waals surface area contributed by atoms with Gasteiger partial charge in [0.15, 0.2) is 0 Å². The number of hydrogen-bond acceptors (Lipinski definition) is 2. The third kappa shape index (κ3) is 3.19. The number of carboxylic acids is 1. The van der Waals surface area contributed by atoms with E-state index in [1.807, 2.05) is 0 Å². The van der Waals surface area contributed by atoms with Crippen LogP contribution in [-0.2, 0) is 9.53 Å². The second kappa shape index (κ2) is 5.02. The van der Waals surface area contributed by atoms with E-state index < -0.39 is 5.97 Å². The molecule has 1 fully saturated rings. The number of rotatable bonds is 4. The summed E-state index contributed by atoms with van der Waals surface area (Å²) in [7, 11) is 0. The summed E-state index contributed by atoms with van der Waals surface area (Å²) in [5.74, 6) is -0.814. The smallest absolute Gasteiger partial charge is 0.306 e. The fourth-order valence-corrected chi connectivity index (χ4v) is 1.68. The van der Waals surface area contributed by atoms with Crippen LogP contribution < -0.4 is 0 Å². The molecule has 0 aromatic carbocycles. The summed E-state index contributed by atoms with van der Waals surface area (Å²) >= 11 is 0. The predicted molar refractivity (Wildman–Crippen MR) is 49.5 cm³/mol. The molecule has 0 unspecified atom stereocenters. The molecular weight excluding hydrogens is 168 g/mol. The second-order valence-corrected chi connectivity index (χ2v) is 3.43. The van der Waals surface area contributed by atoms with Crippen LogP contribution in [0.1, 0.15) is 25.7 Å². The van der Waals surface area contributed by atoms with E-state index in [0.717, 1.165) is 25.7 Å². The van der Waals surface area contributed by atoms with Gasteiger partial charge in [-0.15, -0.1) is 6.58 Å². The zero-order chi connectivity index (χ0) is 9.68. The SMILES string of the molecule is C=CCOC1CCC(C(=O)O)CC1. The first-order valence-corrected chi connectivity index (χ1v) is 4.69. The minimum absolute atomic E-state index is 0.149. The highest BCUT2D eigenvalue weighted by Crippen LogP contribution is 2.26. The third-order valence-corrected chi connectivity index (χ3v) is 2.47. The number of ether oxygens (including phenoxy) is 1. The van der Waals surface area contributed by atoms with Crippen molar-refractivity contribution < 1.29 is 14.6 Å². The van der Waals surface area contributed by atoms with Gasteiger partial charge in [-0.3, -0.25) is 4.79 Å². The molecule has 3 heteroatoms. The summed E-state index contributed by atoms with van der Waals surface area (Å²) in [5, 5.41) is 8.74. The fraction of sp³-hybridized carbons (Fsp3) is 0.700. The Balaban J connectivity index is 2.22. The lowest BCUT2D eigenvalue weighted by molar-refractivity contribution is -0.143. The lowest BCUT2D eigenvalue weighted by atomic mass is 9.87. The molecule has 0 spiro atoms. The average Bonchev–Trinajstić information content (AvgIpc) is 2.15. The van der Waals surface area contributed by atoms with Gasteiger partial charge in [0.1, 0.15) is 0 Å². The molecule has 1 N–H and O–H groups in total. The average molecular weight is 184 g/mol. The highest BCUT2D eigenvalue weighted by molar-refractivity contribution is 5.69. The van der Waals surface area contributed by atoms with Crippen LogP contribution in [-0.4, -0.2) is 23.8 Å². The monoisotopic (exact) mass is 184 g/mol. The van der Waals surface area contributed by atoms with Crippen molar-refractivity contribution in [2.75, 3.05) is 6.61 Å². The van der Waals surface area contributed by atoms with Gasteiger partial charge in [0.25, 0.3) is 0 Å². The number of carbonyl (C=O) groups is 1. The Morgan fingerprint density at radius 2 is 2.08 bits per heavy atom. The van der Waals surface area contributed by atoms with Crippen molar-refractivity contribution in [3.05, 3.63) is 12.7 Å². The van der Waals surface area contributed by atoms with Crippen molar-refractivity contribution in [3.8, 4) is 0 Å². The van der Waals surface area contributed by atoms with Gasteiger partial charge in [0.05, 0.1) is 18.6 Å². The number of aliphatic carboxylic acids is 1. The first-order valence-electron chi connectivity index (χ1n) is 4.69. The number of carboxylic acid groups (broad SMARTS) is 1. The van der Waals surface area contributed by atoms with Crippen LogP contribution in [0.4, 0.5) is 0 Å². The molecular formula is C10H16O3. The summed E-state index contributed by atoms with van der Waals surface area (Å²) in [4.78, 5) is 10.6. The maximum absolute atomic E-state index is 10.6. The largest absolute Gasteiger partial charge is 0.481 e. The summed E-state index contributed by atoms with van der Waals surface area (Å²) in [6, 6.07) is 0. The topological polar surface area (TPSA) is 46.5 Å². The molecule has 1 rings (SSSR count). The standard InChI is InChI=1S/C10H16O3/c1-2-7-13-9-5-3-8(4-6-9)10(11)12/h2,8-9H,1,3-7H2,(H,11,12). The van der Waals surface area contributed by atoms with E-state index in [1.165, 1.54) is 0 Å². The summed E-state index contributed by atoms with van der Waals surface area (Å²) in [6.07, 6.45) is 5.20. The maximum atomic E-state index is 10.6. The molecule has 1 saturated carbocycles. The van der Waals surface area contributed by atoms with Crippen LogP contribution in [0, 0.1) is 5.92 Å². The van der Waals surface area contributed by atoms with Crippen molar-refractivity contribution in [2.45, 2.75) is 31.8 Å².